The first-order valence-corrected chi connectivity index (χ1v) is 10.8. The van der Waals surface area contributed by atoms with Gasteiger partial charge in [-0.25, -0.2) is 9.78 Å². The number of nitrogens with zero attached hydrogens (tertiary/aromatic N) is 2. The van der Waals surface area contributed by atoms with Crippen LogP contribution >= 0.6 is 11.3 Å². The first-order chi connectivity index (χ1) is 14.1. The monoisotopic (exact) mass is 414 g/mol. The molecule has 7 heteroatoms. The Kier molecular flexibility index (Phi) is 7.04. The first-order valence-electron chi connectivity index (χ1n) is 9.95. The van der Waals surface area contributed by atoms with Crippen molar-refractivity contribution in [1.29, 1.82) is 0 Å². The number of aromatic nitrogens is 2. The SMILES string of the molecule is CCCCOC(=O)[C@H](C)n1cnc2scc(-c3ccc(OCCC)cc3)c2c1=O. The average molecular weight is 415 g/mol. The summed E-state index contributed by atoms with van der Waals surface area (Å²) in [6.45, 7) is 6.78. The highest BCUT2D eigenvalue weighted by Crippen LogP contribution is 2.32. The Hall–Kier alpha value is -2.67. The maximum Gasteiger partial charge on any atom is 0.328 e. The Morgan fingerprint density at radius 1 is 1.17 bits per heavy atom. The second-order valence-corrected chi connectivity index (χ2v) is 7.71. The molecule has 0 bridgehead atoms. The molecule has 0 saturated carbocycles. The van der Waals surface area contributed by atoms with Crippen LogP contribution < -0.4 is 10.3 Å². The van der Waals surface area contributed by atoms with E-state index in [1.165, 1.54) is 22.2 Å². The number of hydrogen-bond acceptors (Lipinski definition) is 6. The Balaban J connectivity index is 1.92. The minimum Gasteiger partial charge on any atom is -0.494 e. The van der Waals surface area contributed by atoms with E-state index in [1.807, 2.05) is 36.6 Å². The van der Waals surface area contributed by atoms with Gasteiger partial charge in [-0.2, -0.15) is 0 Å². The zero-order chi connectivity index (χ0) is 20.8. The molecular formula is C22H26N2O4S. The highest BCUT2D eigenvalue weighted by atomic mass is 32.1. The van der Waals surface area contributed by atoms with Crippen molar-refractivity contribution in [2.75, 3.05) is 13.2 Å². The van der Waals surface area contributed by atoms with Gasteiger partial charge in [-0.05, 0) is 37.5 Å². The molecule has 1 atom stereocenters. The van der Waals surface area contributed by atoms with Crippen LogP contribution in [0, 0.1) is 0 Å². The van der Waals surface area contributed by atoms with Crippen LogP contribution in [0.1, 0.15) is 46.1 Å². The molecular weight excluding hydrogens is 388 g/mol. The number of hydrogen-bond donors (Lipinski definition) is 0. The molecule has 6 nitrogen and oxygen atoms in total. The summed E-state index contributed by atoms with van der Waals surface area (Å²) >= 11 is 1.41. The van der Waals surface area contributed by atoms with Gasteiger partial charge < -0.3 is 9.47 Å². The van der Waals surface area contributed by atoms with Gasteiger partial charge in [-0.3, -0.25) is 9.36 Å². The third-order valence-electron chi connectivity index (χ3n) is 4.66. The molecule has 1 aromatic carbocycles. The lowest BCUT2D eigenvalue weighted by atomic mass is 10.1. The summed E-state index contributed by atoms with van der Waals surface area (Å²) in [6.07, 6.45) is 4.12. The number of rotatable bonds is 9. The normalized spacial score (nSPS) is 12.1. The molecule has 3 aromatic rings. The molecule has 2 heterocycles. The molecule has 0 saturated heterocycles. The van der Waals surface area contributed by atoms with Crippen molar-refractivity contribution in [2.45, 2.75) is 46.1 Å². The smallest absolute Gasteiger partial charge is 0.328 e. The lowest BCUT2D eigenvalue weighted by Gasteiger charge is -2.14. The number of unbranched alkanes of at least 4 members (excludes halogenated alkanes) is 1. The summed E-state index contributed by atoms with van der Waals surface area (Å²) in [5, 5.41) is 2.45. The Bertz CT molecular complexity index is 1020. The van der Waals surface area contributed by atoms with Crippen LogP contribution in [-0.2, 0) is 9.53 Å². The largest absolute Gasteiger partial charge is 0.494 e. The Labute approximate surface area is 174 Å². The molecule has 0 aliphatic rings. The summed E-state index contributed by atoms with van der Waals surface area (Å²) < 4.78 is 12.3. The molecule has 29 heavy (non-hydrogen) atoms. The number of fused-ring (bicyclic) bond motifs is 1. The predicted molar refractivity (Wildman–Crippen MR) is 116 cm³/mol. The number of thiophene rings is 1. The molecule has 2 aromatic heterocycles. The van der Waals surface area contributed by atoms with E-state index >= 15 is 0 Å². The van der Waals surface area contributed by atoms with Gasteiger partial charge in [0.25, 0.3) is 5.56 Å². The van der Waals surface area contributed by atoms with Gasteiger partial charge in [0.05, 0.1) is 24.9 Å². The molecule has 0 spiro atoms. The fraction of sp³-hybridized carbons (Fsp3) is 0.409. The summed E-state index contributed by atoms with van der Waals surface area (Å²) in [7, 11) is 0. The molecule has 0 amide bonds. The minimum atomic E-state index is -0.728. The van der Waals surface area contributed by atoms with E-state index in [-0.39, 0.29) is 5.56 Å². The molecule has 0 aliphatic heterocycles. The highest BCUT2D eigenvalue weighted by Gasteiger charge is 2.21. The van der Waals surface area contributed by atoms with Crippen molar-refractivity contribution in [2.24, 2.45) is 0 Å². The summed E-state index contributed by atoms with van der Waals surface area (Å²) in [6, 6.07) is 6.94. The number of esters is 1. The van der Waals surface area contributed by atoms with Crippen molar-refractivity contribution in [3.8, 4) is 16.9 Å². The minimum absolute atomic E-state index is 0.238. The topological polar surface area (TPSA) is 70.4 Å². The summed E-state index contributed by atoms with van der Waals surface area (Å²) in [5.74, 6) is 0.380. The van der Waals surface area contributed by atoms with Gasteiger partial charge in [0.1, 0.15) is 16.6 Å². The van der Waals surface area contributed by atoms with Gasteiger partial charge in [0, 0.05) is 10.9 Å². The molecule has 0 aliphatic carbocycles. The van der Waals surface area contributed by atoms with Crippen molar-refractivity contribution in [3.63, 3.8) is 0 Å². The number of carbonyl (C=O) groups is 1. The molecule has 0 N–H and O–H groups in total. The average Bonchev–Trinajstić information content (AvgIpc) is 3.17. The van der Waals surface area contributed by atoms with E-state index in [4.69, 9.17) is 9.47 Å². The molecule has 0 fully saturated rings. The van der Waals surface area contributed by atoms with Crippen LogP contribution in [-0.4, -0.2) is 28.7 Å². The van der Waals surface area contributed by atoms with Crippen molar-refractivity contribution in [3.05, 3.63) is 46.3 Å². The quantitative estimate of drug-likeness (QED) is 0.371. The maximum atomic E-state index is 13.2. The van der Waals surface area contributed by atoms with Crippen LogP contribution in [0.3, 0.4) is 0 Å². The summed E-state index contributed by atoms with van der Waals surface area (Å²) in [4.78, 5) is 30.5. The molecule has 0 radical (unpaired) electrons. The van der Waals surface area contributed by atoms with E-state index in [0.29, 0.717) is 23.4 Å². The van der Waals surface area contributed by atoms with Gasteiger partial charge in [0.2, 0.25) is 0 Å². The number of benzene rings is 1. The second kappa shape index (κ2) is 9.69. The Morgan fingerprint density at radius 3 is 2.62 bits per heavy atom. The van der Waals surface area contributed by atoms with Gasteiger partial charge in [-0.1, -0.05) is 32.4 Å². The van der Waals surface area contributed by atoms with E-state index in [9.17, 15) is 9.59 Å². The zero-order valence-electron chi connectivity index (χ0n) is 17.0. The Morgan fingerprint density at radius 2 is 1.93 bits per heavy atom. The van der Waals surface area contributed by atoms with Crippen LogP contribution in [0.15, 0.2) is 40.8 Å². The van der Waals surface area contributed by atoms with E-state index in [0.717, 1.165) is 36.1 Å². The zero-order valence-corrected chi connectivity index (χ0v) is 17.8. The lowest BCUT2D eigenvalue weighted by Crippen LogP contribution is -2.29. The summed E-state index contributed by atoms with van der Waals surface area (Å²) in [5.41, 5.74) is 1.48. The van der Waals surface area contributed by atoms with E-state index in [2.05, 4.69) is 11.9 Å². The van der Waals surface area contributed by atoms with Gasteiger partial charge in [0.15, 0.2) is 0 Å². The molecule has 3 rings (SSSR count). The highest BCUT2D eigenvalue weighted by molar-refractivity contribution is 7.17. The van der Waals surface area contributed by atoms with Crippen LogP contribution in [0.4, 0.5) is 0 Å². The predicted octanol–water partition coefficient (Wildman–Crippen LogP) is 4.82. The van der Waals surface area contributed by atoms with Crippen molar-refractivity contribution < 1.29 is 14.3 Å². The van der Waals surface area contributed by atoms with Crippen LogP contribution in [0.5, 0.6) is 5.75 Å². The van der Waals surface area contributed by atoms with Gasteiger partial charge >= 0.3 is 5.97 Å². The van der Waals surface area contributed by atoms with Crippen LogP contribution in [0.2, 0.25) is 0 Å². The third-order valence-corrected chi connectivity index (χ3v) is 5.54. The fourth-order valence-corrected chi connectivity index (χ4v) is 3.84. The standard InChI is InChI=1S/C22H26N2O4S/c1-4-6-12-28-22(26)15(3)24-14-23-20-19(21(24)25)18(13-29-20)16-7-9-17(10-8-16)27-11-5-2/h7-10,13-15H,4-6,11-12H2,1-3H3/t15-/m0/s1. The third kappa shape index (κ3) is 4.67. The fourth-order valence-electron chi connectivity index (χ4n) is 2.94. The molecule has 154 valence electrons. The van der Waals surface area contributed by atoms with Gasteiger partial charge in [-0.15, -0.1) is 11.3 Å². The van der Waals surface area contributed by atoms with Crippen molar-refractivity contribution >= 4 is 27.5 Å². The molecule has 0 unspecified atom stereocenters. The maximum absolute atomic E-state index is 13.2. The van der Waals surface area contributed by atoms with E-state index in [1.54, 1.807) is 6.92 Å². The lowest BCUT2D eigenvalue weighted by molar-refractivity contribution is -0.147. The second-order valence-electron chi connectivity index (χ2n) is 6.86. The number of carbonyl (C=O) groups excluding carboxylic acids is 1. The number of ether oxygens (including phenoxy) is 2. The van der Waals surface area contributed by atoms with Crippen LogP contribution in [0.25, 0.3) is 21.3 Å². The van der Waals surface area contributed by atoms with Crippen molar-refractivity contribution in [1.82, 2.24) is 9.55 Å². The first kappa shape index (κ1) is 21.0. The van der Waals surface area contributed by atoms with E-state index < -0.39 is 12.0 Å².